The van der Waals surface area contributed by atoms with E-state index in [1.54, 1.807) is 0 Å². The van der Waals surface area contributed by atoms with Crippen LogP contribution in [0.2, 0.25) is 0 Å². The van der Waals surface area contributed by atoms with Crippen LogP contribution < -0.4 is 10.1 Å². The number of para-hydroxylation sites is 1. The first kappa shape index (κ1) is 24.6. The number of carbonyl (C=O) groups is 1. The van der Waals surface area contributed by atoms with Gasteiger partial charge in [0.2, 0.25) is 0 Å². The largest absolute Gasteiger partial charge is 0.492 e. The number of ether oxygens (including phenoxy) is 1. The highest BCUT2D eigenvalue weighted by Gasteiger charge is 2.28. The Kier molecular flexibility index (Phi) is 8.15. The summed E-state index contributed by atoms with van der Waals surface area (Å²) in [5.41, 5.74) is 4.77. The molecule has 0 unspecified atom stereocenters. The Morgan fingerprint density at radius 3 is 2.24 bits per heavy atom. The summed E-state index contributed by atoms with van der Waals surface area (Å²) in [7, 11) is 0. The number of rotatable bonds is 6. The van der Waals surface area contributed by atoms with E-state index in [2.05, 4.69) is 67.4 Å². The lowest BCUT2D eigenvalue weighted by Gasteiger charge is -2.36. The zero-order valence-electron chi connectivity index (χ0n) is 21.3. The molecule has 2 aliphatic heterocycles. The zero-order chi connectivity index (χ0) is 24.1. The predicted octanol–water partition coefficient (Wildman–Crippen LogP) is 6.39. The van der Waals surface area contributed by atoms with E-state index in [0.29, 0.717) is 24.5 Å². The normalized spacial score (nSPS) is 18.3. The van der Waals surface area contributed by atoms with E-state index in [9.17, 15) is 4.79 Å². The molecule has 2 saturated heterocycles. The minimum absolute atomic E-state index is 0.00428. The van der Waals surface area contributed by atoms with Crippen LogP contribution in [0.15, 0.2) is 42.5 Å². The average molecular weight is 464 g/mol. The van der Waals surface area contributed by atoms with E-state index < -0.39 is 0 Å². The summed E-state index contributed by atoms with van der Waals surface area (Å²) in [5, 5.41) is 3.28. The van der Waals surface area contributed by atoms with Gasteiger partial charge in [-0.05, 0) is 95.5 Å². The Hall–Kier alpha value is -2.53. The summed E-state index contributed by atoms with van der Waals surface area (Å²) in [6.07, 6.45) is 4.23. The molecule has 2 amide bonds. The average Bonchev–Trinajstić information content (AvgIpc) is 2.86. The summed E-state index contributed by atoms with van der Waals surface area (Å²) < 4.78 is 5.96. The van der Waals surface area contributed by atoms with E-state index in [1.165, 1.54) is 16.7 Å². The summed E-state index contributed by atoms with van der Waals surface area (Å²) >= 11 is 0. The number of hydrogen-bond donors (Lipinski definition) is 1. The minimum Gasteiger partial charge on any atom is -0.492 e. The van der Waals surface area contributed by atoms with E-state index in [1.807, 2.05) is 17.9 Å². The molecule has 2 aliphatic rings. The molecule has 0 radical (unpaired) electrons. The van der Waals surface area contributed by atoms with Crippen LogP contribution in [0.1, 0.15) is 75.0 Å². The van der Waals surface area contributed by atoms with Gasteiger partial charge in [-0.3, -0.25) is 0 Å². The third kappa shape index (κ3) is 5.75. The van der Waals surface area contributed by atoms with Crippen molar-refractivity contribution in [3.8, 4) is 5.75 Å². The molecule has 2 fully saturated rings. The van der Waals surface area contributed by atoms with Crippen molar-refractivity contribution in [3.63, 3.8) is 0 Å². The molecular formula is C29H41N3O2. The molecule has 0 saturated carbocycles. The molecular weight excluding hydrogens is 422 g/mol. The molecule has 4 rings (SSSR count). The highest BCUT2D eigenvalue weighted by atomic mass is 16.5. The van der Waals surface area contributed by atoms with E-state index in [4.69, 9.17) is 4.74 Å². The van der Waals surface area contributed by atoms with Crippen LogP contribution >= 0.6 is 0 Å². The topological polar surface area (TPSA) is 44.8 Å². The van der Waals surface area contributed by atoms with E-state index >= 15 is 0 Å². The van der Waals surface area contributed by atoms with Crippen LogP contribution in [0.3, 0.4) is 0 Å². The minimum atomic E-state index is -0.00428. The van der Waals surface area contributed by atoms with Gasteiger partial charge in [0.05, 0.1) is 12.3 Å². The van der Waals surface area contributed by atoms with Crippen LogP contribution in [0.25, 0.3) is 0 Å². The van der Waals surface area contributed by atoms with Crippen molar-refractivity contribution in [1.29, 1.82) is 0 Å². The molecule has 0 bridgehead atoms. The van der Waals surface area contributed by atoms with Crippen LogP contribution in [0.4, 0.5) is 10.5 Å². The highest BCUT2D eigenvalue weighted by Crippen LogP contribution is 2.39. The second-order valence-corrected chi connectivity index (χ2v) is 10.2. The molecule has 5 heteroatoms. The summed E-state index contributed by atoms with van der Waals surface area (Å²) in [4.78, 5) is 17.9. The second-order valence-electron chi connectivity index (χ2n) is 10.2. The molecule has 0 aromatic heterocycles. The molecule has 184 valence electrons. The van der Waals surface area contributed by atoms with Crippen molar-refractivity contribution < 1.29 is 9.53 Å². The number of amides is 2. The lowest BCUT2D eigenvalue weighted by Crippen LogP contribution is -2.41. The van der Waals surface area contributed by atoms with E-state index in [-0.39, 0.29) is 6.03 Å². The standard InChI is InChI=1S/C29H41N3O2/c1-5-34-27-8-6-7-26(25-15-17-31(18-16-25)21(2)3)28(27)30-29(33)32-19-13-24(14-20-32)23-11-9-22(4)10-12-23/h6-12,21,24-25H,5,13-20H2,1-4H3,(H,30,33). The first-order chi connectivity index (χ1) is 16.5. The maximum atomic E-state index is 13.3. The van der Waals surface area contributed by atoms with Gasteiger partial charge in [-0.1, -0.05) is 42.0 Å². The molecule has 2 aromatic rings. The van der Waals surface area contributed by atoms with Crippen LogP contribution in [-0.4, -0.2) is 54.7 Å². The number of nitrogens with zero attached hydrogens (tertiary/aromatic N) is 2. The Labute approximate surface area is 205 Å². The van der Waals surface area contributed by atoms with Gasteiger partial charge in [-0.2, -0.15) is 0 Å². The maximum Gasteiger partial charge on any atom is 0.321 e. The third-order valence-electron chi connectivity index (χ3n) is 7.62. The van der Waals surface area contributed by atoms with Crippen molar-refractivity contribution >= 4 is 11.7 Å². The molecule has 2 heterocycles. The van der Waals surface area contributed by atoms with Crippen LogP contribution in [0.5, 0.6) is 5.75 Å². The van der Waals surface area contributed by atoms with E-state index in [0.717, 1.165) is 63.3 Å². The number of carbonyl (C=O) groups excluding carboxylic acids is 1. The lowest BCUT2D eigenvalue weighted by molar-refractivity contribution is 0.172. The molecule has 2 aromatic carbocycles. The van der Waals surface area contributed by atoms with Gasteiger partial charge in [0.15, 0.2) is 0 Å². The first-order valence-electron chi connectivity index (χ1n) is 13.1. The number of nitrogens with one attached hydrogen (secondary N) is 1. The quantitative estimate of drug-likeness (QED) is 0.540. The number of aryl methyl sites for hydroxylation is 1. The van der Waals surface area contributed by atoms with Crippen molar-refractivity contribution in [2.24, 2.45) is 0 Å². The number of piperidine rings is 2. The number of hydrogen-bond acceptors (Lipinski definition) is 3. The molecule has 1 N–H and O–H groups in total. The Balaban J connectivity index is 1.44. The Morgan fingerprint density at radius 1 is 0.971 bits per heavy atom. The number of urea groups is 1. The van der Waals surface area contributed by atoms with Gasteiger partial charge in [-0.15, -0.1) is 0 Å². The second kappa shape index (κ2) is 11.3. The van der Waals surface area contributed by atoms with Crippen molar-refractivity contribution in [2.45, 2.75) is 71.3 Å². The smallest absolute Gasteiger partial charge is 0.321 e. The Bertz CT molecular complexity index is 940. The third-order valence-corrected chi connectivity index (χ3v) is 7.62. The number of likely N-dealkylation sites (tertiary alicyclic amines) is 2. The number of benzene rings is 2. The molecule has 0 atom stereocenters. The van der Waals surface area contributed by atoms with Crippen LogP contribution in [0, 0.1) is 6.92 Å². The van der Waals surface area contributed by atoms with Gasteiger partial charge in [0.25, 0.3) is 0 Å². The molecule has 5 nitrogen and oxygen atoms in total. The molecule has 0 aliphatic carbocycles. The Morgan fingerprint density at radius 2 is 1.62 bits per heavy atom. The SMILES string of the molecule is CCOc1cccc(C2CCN(C(C)C)CC2)c1NC(=O)N1CCC(c2ccc(C)cc2)CC1. The van der Waals surface area contributed by atoms with Gasteiger partial charge in [0, 0.05) is 19.1 Å². The fraction of sp³-hybridized carbons (Fsp3) is 0.552. The van der Waals surface area contributed by atoms with Crippen LogP contribution in [-0.2, 0) is 0 Å². The summed E-state index contributed by atoms with van der Waals surface area (Å²) in [6.45, 7) is 13.0. The molecule has 0 spiro atoms. The lowest BCUT2D eigenvalue weighted by atomic mass is 9.87. The van der Waals surface area contributed by atoms with Crippen molar-refractivity contribution in [1.82, 2.24) is 9.80 Å². The van der Waals surface area contributed by atoms with Gasteiger partial charge < -0.3 is 19.9 Å². The predicted molar refractivity (Wildman–Crippen MR) is 140 cm³/mol. The van der Waals surface area contributed by atoms with Gasteiger partial charge in [-0.25, -0.2) is 4.79 Å². The molecule has 34 heavy (non-hydrogen) atoms. The fourth-order valence-corrected chi connectivity index (χ4v) is 5.47. The zero-order valence-corrected chi connectivity index (χ0v) is 21.3. The summed E-state index contributed by atoms with van der Waals surface area (Å²) in [5.74, 6) is 1.76. The fourth-order valence-electron chi connectivity index (χ4n) is 5.47. The highest BCUT2D eigenvalue weighted by molar-refractivity contribution is 5.92. The monoisotopic (exact) mass is 463 g/mol. The van der Waals surface area contributed by atoms with Gasteiger partial charge >= 0.3 is 6.03 Å². The van der Waals surface area contributed by atoms with Gasteiger partial charge in [0.1, 0.15) is 5.75 Å². The summed E-state index contributed by atoms with van der Waals surface area (Å²) in [6, 6.07) is 15.7. The number of anilines is 1. The first-order valence-corrected chi connectivity index (χ1v) is 13.1. The maximum absolute atomic E-state index is 13.3. The van der Waals surface area contributed by atoms with Crippen molar-refractivity contribution in [2.75, 3.05) is 38.1 Å². The van der Waals surface area contributed by atoms with Crippen molar-refractivity contribution in [3.05, 3.63) is 59.2 Å².